The number of esters is 1. The molecule has 6 heteroatoms. The van der Waals surface area contributed by atoms with Gasteiger partial charge in [-0.1, -0.05) is 23.2 Å². The van der Waals surface area contributed by atoms with Gasteiger partial charge in [0, 0.05) is 0 Å². The normalized spacial score (nSPS) is 9.77. The van der Waals surface area contributed by atoms with Gasteiger partial charge in [0.15, 0.2) is 0 Å². The Bertz CT molecular complexity index is 355. The number of nitrogens with zero attached hydrogens (tertiary/aromatic N) is 1. The molecule has 0 aliphatic heterocycles. The average Bonchev–Trinajstić information content (AvgIpc) is 2.12. The molecule has 2 N–H and O–H groups in total. The maximum Gasteiger partial charge on any atom is 0.342 e. The molecular weight excluding hydrogens is 215 g/mol. The molecular formula is C7H6Cl2N2O2. The predicted octanol–water partition coefficient (Wildman–Crippen LogP) is 1.76. The molecule has 0 saturated heterocycles. The third-order valence-electron chi connectivity index (χ3n) is 1.39. The summed E-state index contributed by atoms with van der Waals surface area (Å²) >= 11 is 11.3. The lowest BCUT2D eigenvalue weighted by Gasteiger charge is -2.05. The third-order valence-corrected chi connectivity index (χ3v) is 2.08. The zero-order chi connectivity index (χ0) is 10.0. The van der Waals surface area contributed by atoms with Gasteiger partial charge in [0.1, 0.15) is 10.7 Å². The minimum absolute atomic E-state index is 0.00849. The number of ether oxygens (including phenoxy) is 1. The van der Waals surface area contributed by atoms with Crippen LogP contribution in [-0.4, -0.2) is 18.1 Å². The topological polar surface area (TPSA) is 65.2 Å². The van der Waals surface area contributed by atoms with E-state index in [2.05, 4.69) is 9.72 Å². The summed E-state index contributed by atoms with van der Waals surface area (Å²) in [6.45, 7) is 0. The Balaban J connectivity index is 3.33. The number of nitrogen functional groups attached to an aromatic ring is 1. The van der Waals surface area contributed by atoms with Crippen molar-refractivity contribution in [2.75, 3.05) is 12.8 Å². The van der Waals surface area contributed by atoms with E-state index in [0.717, 1.165) is 0 Å². The first-order valence-electron chi connectivity index (χ1n) is 3.25. The molecule has 0 bridgehead atoms. The minimum atomic E-state index is -0.658. The van der Waals surface area contributed by atoms with Gasteiger partial charge in [-0.25, -0.2) is 9.78 Å². The van der Waals surface area contributed by atoms with Crippen molar-refractivity contribution < 1.29 is 9.53 Å². The quantitative estimate of drug-likeness (QED) is 0.579. The van der Waals surface area contributed by atoms with E-state index in [1.165, 1.54) is 13.3 Å². The molecule has 0 atom stereocenters. The number of carbonyl (C=O) groups is 1. The molecule has 0 aliphatic rings. The van der Waals surface area contributed by atoms with E-state index in [9.17, 15) is 4.79 Å². The highest BCUT2D eigenvalue weighted by Gasteiger charge is 2.18. The van der Waals surface area contributed by atoms with Crippen LogP contribution in [0.2, 0.25) is 10.2 Å². The predicted molar refractivity (Wildman–Crippen MR) is 50.0 cm³/mol. The average molecular weight is 221 g/mol. The Morgan fingerprint density at radius 3 is 2.77 bits per heavy atom. The second-order valence-corrected chi connectivity index (χ2v) is 2.92. The third kappa shape index (κ3) is 1.84. The summed E-state index contributed by atoms with van der Waals surface area (Å²) in [5.74, 6) is -0.658. The number of rotatable bonds is 1. The van der Waals surface area contributed by atoms with Crippen molar-refractivity contribution in [1.29, 1.82) is 0 Å². The van der Waals surface area contributed by atoms with E-state index < -0.39 is 5.97 Å². The number of anilines is 1. The number of halogens is 2. The molecule has 0 spiro atoms. The molecule has 1 aromatic heterocycles. The molecule has 0 radical (unpaired) electrons. The standard InChI is InChI=1S/C7H6Cl2N2O2/c1-13-7(12)4-5(8)3(10)2-11-6(4)9/h2H,10H2,1H3. The van der Waals surface area contributed by atoms with E-state index in [4.69, 9.17) is 28.9 Å². The molecule has 0 fully saturated rings. The van der Waals surface area contributed by atoms with Gasteiger partial charge in [-0.05, 0) is 0 Å². The van der Waals surface area contributed by atoms with E-state index >= 15 is 0 Å². The molecule has 0 saturated carbocycles. The van der Waals surface area contributed by atoms with Crippen LogP contribution in [0.1, 0.15) is 10.4 Å². The zero-order valence-electron chi connectivity index (χ0n) is 6.67. The SMILES string of the molecule is COC(=O)c1c(Cl)ncc(N)c1Cl. The molecule has 0 aliphatic carbocycles. The van der Waals surface area contributed by atoms with Crippen LogP contribution in [0.25, 0.3) is 0 Å². The fraction of sp³-hybridized carbons (Fsp3) is 0.143. The molecule has 0 amide bonds. The highest BCUT2D eigenvalue weighted by molar-refractivity contribution is 6.40. The lowest BCUT2D eigenvalue weighted by atomic mass is 10.2. The van der Waals surface area contributed by atoms with Crippen molar-refractivity contribution in [3.63, 3.8) is 0 Å². The fourth-order valence-corrected chi connectivity index (χ4v) is 1.24. The summed E-state index contributed by atoms with van der Waals surface area (Å²) in [5, 5.41) is 0.0397. The zero-order valence-corrected chi connectivity index (χ0v) is 8.19. The summed E-state index contributed by atoms with van der Waals surface area (Å²) < 4.78 is 4.45. The minimum Gasteiger partial charge on any atom is -0.465 e. The second-order valence-electron chi connectivity index (χ2n) is 2.18. The lowest BCUT2D eigenvalue weighted by molar-refractivity contribution is 0.0601. The smallest absolute Gasteiger partial charge is 0.342 e. The Morgan fingerprint density at radius 2 is 2.23 bits per heavy atom. The van der Waals surface area contributed by atoms with Crippen molar-refractivity contribution >= 4 is 34.9 Å². The van der Waals surface area contributed by atoms with Crippen LogP contribution >= 0.6 is 23.2 Å². The molecule has 4 nitrogen and oxygen atoms in total. The van der Waals surface area contributed by atoms with Gasteiger partial charge < -0.3 is 10.5 Å². The van der Waals surface area contributed by atoms with Crippen LogP contribution in [0.4, 0.5) is 5.69 Å². The Labute approximate surface area is 84.6 Å². The number of hydrogen-bond donors (Lipinski definition) is 1. The maximum absolute atomic E-state index is 11.1. The second kappa shape index (κ2) is 3.81. The summed E-state index contributed by atoms with van der Waals surface area (Å²) in [6, 6.07) is 0. The summed E-state index contributed by atoms with van der Waals surface area (Å²) in [7, 11) is 1.22. The van der Waals surface area contributed by atoms with E-state index in [-0.39, 0.29) is 21.4 Å². The maximum atomic E-state index is 11.1. The van der Waals surface area contributed by atoms with Gasteiger partial charge in [-0.3, -0.25) is 0 Å². The number of nitrogens with two attached hydrogens (primary N) is 1. The summed E-state index contributed by atoms with van der Waals surface area (Å²) in [4.78, 5) is 14.8. The molecule has 1 rings (SSSR count). The highest BCUT2D eigenvalue weighted by Crippen LogP contribution is 2.28. The Kier molecular flexibility index (Phi) is 2.95. The Hall–Kier alpha value is -1.00. The largest absolute Gasteiger partial charge is 0.465 e. The van der Waals surface area contributed by atoms with Crippen LogP contribution in [0.15, 0.2) is 6.20 Å². The van der Waals surface area contributed by atoms with Gasteiger partial charge in [-0.2, -0.15) is 0 Å². The first-order chi connectivity index (χ1) is 6.07. The first-order valence-corrected chi connectivity index (χ1v) is 4.01. The molecule has 0 aromatic carbocycles. The van der Waals surface area contributed by atoms with Crippen LogP contribution in [0.5, 0.6) is 0 Å². The molecule has 0 unspecified atom stereocenters. The molecule has 1 heterocycles. The van der Waals surface area contributed by atoms with Gasteiger partial charge in [0.05, 0.1) is 24.0 Å². The number of carbonyl (C=O) groups excluding carboxylic acids is 1. The van der Waals surface area contributed by atoms with Gasteiger partial charge in [0.25, 0.3) is 0 Å². The number of aromatic nitrogens is 1. The van der Waals surface area contributed by atoms with Crippen molar-refractivity contribution in [2.24, 2.45) is 0 Å². The van der Waals surface area contributed by atoms with E-state index in [1.54, 1.807) is 0 Å². The highest BCUT2D eigenvalue weighted by atomic mass is 35.5. The lowest BCUT2D eigenvalue weighted by Crippen LogP contribution is -2.06. The van der Waals surface area contributed by atoms with Crippen LogP contribution in [-0.2, 0) is 4.74 Å². The monoisotopic (exact) mass is 220 g/mol. The number of methoxy groups -OCH3 is 1. The molecule has 13 heavy (non-hydrogen) atoms. The van der Waals surface area contributed by atoms with Gasteiger partial charge in [-0.15, -0.1) is 0 Å². The van der Waals surface area contributed by atoms with Gasteiger partial charge in [0.2, 0.25) is 0 Å². The number of hydrogen-bond acceptors (Lipinski definition) is 4. The van der Waals surface area contributed by atoms with Crippen LogP contribution in [0, 0.1) is 0 Å². The van der Waals surface area contributed by atoms with Crippen LogP contribution in [0.3, 0.4) is 0 Å². The van der Waals surface area contributed by atoms with Crippen molar-refractivity contribution in [3.05, 3.63) is 21.9 Å². The van der Waals surface area contributed by atoms with Gasteiger partial charge >= 0.3 is 5.97 Å². The van der Waals surface area contributed by atoms with Crippen molar-refractivity contribution in [1.82, 2.24) is 4.98 Å². The van der Waals surface area contributed by atoms with E-state index in [0.29, 0.717) is 0 Å². The first kappa shape index (κ1) is 10.1. The Morgan fingerprint density at radius 1 is 1.62 bits per heavy atom. The summed E-state index contributed by atoms with van der Waals surface area (Å²) in [5.41, 5.74) is 5.60. The van der Waals surface area contributed by atoms with Crippen molar-refractivity contribution in [3.8, 4) is 0 Å². The fourth-order valence-electron chi connectivity index (χ4n) is 0.758. The van der Waals surface area contributed by atoms with Crippen LogP contribution < -0.4 is 5.73 Å². The summed E-state index contributed by atoms with van der Waals surface area (Å²) in [6.07, 6.45) is 1.27. The van der Waals surface area contributed by atoms with E-state index in [1.807, 2.05) is 0 Å². The van der Waals surface area contributed by atoms with Crippen molar-refractivity contribution in [2.45, 2.75) is 0 Å². The molecule has 70 valence electrons. The number of pyridine rings is 1. The molecule has 1 aromatic rings.